The number of carbonyl (C=O) groups excluding carboxylic acids is 2. The maximum Gasteiger partial charge on any atom is 0.225 e. The monoisotopic (exact) mass is 334 g/mol. The largest absolute Gasteiger partial charge is 0.342 e. The predicted molar refractivity (Wildman–Crippen MR) is 92.3 cm³/mol. The smallest absolute Gasteiger partial charge is 0.225 e. The molecule has 23 heavy (non-hydrogen) atoms. The highest BCUT2D eigenvalue weighted by atomic mass is 32.1. The Bertz CT molecular complexity index is 570. The van der Waals surface area contributed by atoms with Gasteiger partial charge in [-0.25, -0.2) is 0 Å². The zero-order chi connectivity index (χ0) is 16.4. The van der Waals surface area contributed by atoms with Gasteiger partial charge in [-0.2, -0.15) is 11.3 Å². The number of hydrogen-bond donors (Lipinski definition) is 0. The van der Waals surface area contributed by atoms with E-state index < -0.39 is 0 Å². The van der Waals surface area contributed by atoms with Gasteiger partial charge in [0, 0.05) is 43.9 Å². The van der Waals surface area contributed by atoms with Gasteiger partial charge in [0.2, 0.25) is 11.8 Å². The summed E-state index contributed by atoms with van der Waals surface area (Å²) in [6, 6.07) is 2.09. The molecule has 2 aliphatic heterocycles. The van der Waals surface area contributed by atoms with Crippen molar-refractivity contribution < 1.29 is 9.59 Å². The highest BCUT2D eigenvalue weighted by Crippen LogP contribution is 2.40. The normalized spacial score (nSPS) is 24.1. The molecule has 3 heterocycles. The van der Waals surface area contributed by atoms with E-state index in [9.17, 15) is 9.59 Å². The van der Waals surface area contributed by atoms with Crippen LogP contribution in [0, 0.1) is 11.3 Å². The van der Waals surface area contributed by atoms with Gasteiger partial charge in [-0.15, -0.1) is 0 Å². The molecule has 3 rings (SSSR count). The molecule has 126 valence electrons. The lowest BCUT2D eigenvalue weighted by Gasteiger charge is -2.25. The Labute approximate surface area is 142 Å². The molecule has 1 atom stereocenters. The molecule has 0 bridgehead atoms. The van der Waals surface area contributed by atoms with Crippen LogP contribution >= 0.6 is 11.3 Å². The Morgan fingerprint density at radius 2 is 1.91 bits per heavy atom. The first-order chi connectivity index (χ1) is 11.0. The Balaban J connectivity index is 1.52. The minimum absolute atomic E-state index is 0.0647. The molecular weight excluding hydrogens is 308 g/mol. The van der Waals surface area contributed by atoms with E-state index in [4.69, 9.17) is 0 Å². The average Bonchev–Trinajstić information content (AvgIpc) is 3.26. The summed E-state index contributed by atoms with van der Waals surface area (Å²) in [6.45, 7) is 7.29. The van der Waals surface area contributed by atoms with Gasteiger partial charge in [0.1, 0.15) is 0 Å². The van der Waals surface area contributed by atoms with Crippen molar-refractivity contribution in [3.8, 4) is 0 Å². The van der Waals surface area contributed by atoms with Gasteiger partial charge in [0.25, 0.3) is 0 Å². The molecule has 0 N–H and O–H groups in total. The minimum atomic E-state index is 0.0647. The van der Waals surface area contributed by atoms with Gasteiger partial charge in [-0.3, -0.25) is 9.59 Å². The molecule has 2 saturated heterocycles. The second kappa shape index (κ2) is 6.63. The van der Waals surface area contributed by atoms with Crippen LogP contribution in [0.4, 0.5) is 0 Å². The third-order valence-corrected chi connectivity index (χ3v) is 5.97. The summed E-state index contributed by atoms with van der Waals surface area (Å²) < 4.78 is 0. The number of rotatable bonds is 4. The summed E-state index contributed by atoms with van der Waals surface area (Å²) in [7, 11) is 0. The summed E-state index contributed by atoms with van der Waals surface area (Å²) in [5, 5.41) is 4.18. The van der Waals surface area contributed by atoms with Crippen LogP contribution in [0.2, 0.25) is 0 Å². The third-order valence-electron chi connectivity index (χ3n) is 5.24. The van der Waals surface area contributed by atoms with Crippen LogP contribution < -0.4 is 0 Å². The number of aryl methyl sites for hydroxylation is 1. The van der Waals surface area contributed by atoms with Crippen LogP contribution in [-0.4, -0.2) is 47.8 Å². The molecule has 0 saturated carbocycles. The van der Waals surface area contributed by atoms with E-state index in [-0.39, 0.29) is 23.1 Å². The summed E-state index contributed by atoms with van der Waals surface area (Å²) in [5.74, 6) is 0.584. The van der Waals surface area contributed by atoms with Gasteiger partial charge < -0.3 is 9.80 Å². The van der Waals surface area contributed by atoms with Gasteiger partial charge in [0.15, 0.2) is 0 Å². The Morgan fingerprint density at radius 1 is 1.22 bits per heavy atom. The van der Waals surface area contributed by atoms with Crippen molar-refractivity contribution in [3.63, 3.8) is 0 Å². The van der Waals surface area contributed by atoms with Crippen LogP contribution in [0.15, 0.2) is 16.8 Å². The standard InChI is InChI=1S/C18H26N2O2S/c1-14(2)17(22)20-9-7-18(13-20)6-8-19(12-18)16(21)4-3-15-5-10-23-11-15/h5,10-11,14H,3-4,6-9,12-13H2,1-2H3. The number of hydrogen-bond acceptors (Lipinski definition) is 3. The van der Waals surface area contributed by atoms with Crippen LogP contribution in [0.25, 0.3) is 0 Å². The Kier molecular flexibility index (Phi) is 4.76. The van der Waals surface area contributed by atoms with Crippen LogP contribution in [-0.2, 0) is 16.0 Å². The summed E-state index contributed by atoms with van der Waals surface area (Å²) in [5.41, 5.74) is 1.41. The summed E-state index contributed by atoms with van der Waals surface area (Å²) in [6.07, 6.45) is 3.52. The number of amides is 2. The van der Waals surface area contributed by atoms with Crippen LogP contribution in [0.3, 0.4) is 0 Å². The molecule has 1 aromatic heterocycles. The second-order valence-electron chi connectivity index (χ2n) is 7.36. The topological polar surface area (TPSA) is 40.6 Å². The van der Waals surface area contributed by atoms with Gasteiger partial charge in [-0.1, -0.05) is 13.8 Å². The van der Waals surface area contributed by atoms with E-state index in [1.807, 2.05) is 23.6 Å². The van der Waals surface area contributed by atoms with Crippen molar-refractivity contribution in [2.24, 2.45) is 11.3 Å². The molecule has 4 nitrogen and oxygen atoms in total. The molecule has 2 fully saturated rings. The van der Waals surface area contributed by atoms with Crippen molar-refractivity contribution in [2.75, 3.05) is 26.2 Å². The summed E-state index contributed by atoms with van der Waals surface area (Å²) >= 11 is 1.68. The maximum atomic E-state index is 12.5. The highest BCUT2D eigenvalue weighted by Gasteiger charge is 2.45. The van der Waals surface area contributed by atoms with Crippen molar-refractivity contribution in [3.05, 3.63) is 22.4 Å². The predicted octanol–water partition coefficient (Wildman–Crippen LogP) is 2.79. The van der Waals surface area contributed by atoms with Crippen molar-refractivity contribution >= 4 is 23.2 Å². The van der Waals surface area contributed by atoms with Crippen molar-refractivity contribution in [1.29, 1.82) is 0 Å². The average molecular weight is 334 g/mol. The molecule has 1 aromatic rings. The first-order valence-corrected chi connectivity index (χ1v) is 9.51. The fourth-order valence-electron chi connectivity index (χ4n) is 3.81. The molecule has 2 aliphatic rings. The Morgan fingerprint density at radius 3 is 2.57 bits per heavy atom. The van der Waals surface area contributed by atoms with Gasteiger partial charge in [-0.05, 0) is 41.7 Å². The van der Waals surface area contributed by atoms with E-state index in [1.54, 1.807) is 11.3 Å². The zero-order valence-corrected chi connectivity index (χ0v) is 14.9. The molecule has 0 aliphatic carbocycles. The first kappa shape index (κ1) is 16.5. The van der Waals surface area contributed by atoms with Crippen LogP contribution in [0.1, 0.15) is 38.7 Å². The number of thiophene rings is 1. The molecular formula is C18H26N2O2S. The van der Waals surface area contributed by atoms with E-state index >= 15 is 0 Å². The van der Waals surface area contributed by atoms with E-state index in [1.165, 1.54) is 5.56 Å². The van der Waals surface area contributed by atoms with Gasteiger partial charge in [0.05, 0.1) is 0 Å². The molecule has 1 unspecified atom stereocenters. The van der Waals surface area contributed by atoms with Crippen molar-refractivity contribution in [1.82, 2.24) is 9.80 Å². The van der Waals surface area contributed by atoms with Crippen molar-refractivity contribution in [2.45, 2.75) is 39.5 Å². The highest BCUT2D eigenvalue weighted by molar-refractivity contribution is 7.07. The molecule has 0 radical (unpaired) electrons. The molecule has 2 amide bonds. The SMILES string of the molecule is CC(C)C(=O)N1CCC2(CCN(C(=O)CCc3ccsc3)C2)C1. The molecule has 5 heteroatoms. The first-order valence-electron chi connectivity index (χ1n) is 8.57. The number of nitrogens with zero attached hydrogens (tertiary/aromatic N) is 2. The second-order valence-corrected chi connectivity index (χ2v) is 8.14. The van der Waals surface area contributed by atoms with E-state index in [0.29, 0.717) is 6.42 Å². The lowest BCUT2D eigenvalue weighted by atomic mass is 9.86. The number of likely N-dealkylation sites (tertiary alicyclic amines) is 2. The lowest BCUT2D eigenvalue weighted by Crippen LogP contribution is -2.37. The number of carbonyl (C=O) groups is 2. The van der Waals surface area contributed by atoms with E-state index in [0.717, 1.165) is 45.4 Å². The third kappa shape index (κ3) is 3.60. The van der Waals surface area contributed by atoms with Gasteiger partial charge >= 0.3 is 0 Å². The quantitative estimate of drug-likeness (QED) is 0.849. The molecule has 1 spiro atoms. The lowest BCUT2D eigenvalue weighted by molar-refractivity contribution is -0.133. The zero-order valence-electron chi connectivity index (χ0n) is 14.1. The maximum absolute atomic E-state index is 12.5. The fraction of sp³-hybridized carbons (Fsp3) is 0.667. The van der Waals surface area contributed by atoms with E-state index in [2.05, 4.69) is 16.8 Å². The van der Waals surface area contributed by atoms with Crippen LogP contribution in [0.5, 0.6) is 0 Å². The fourth-order valence-corrected chi connectivity index (χ4v) is 4.52. The minimum Gasteiger partial charge on any atom is -0.342 e. The molecule has 0 aromatic carbocycles. The Hall–Kier alpha value is -1.36. The summed E-state index contributed by atoms with van der Waals surface area (Å²) in [4.78, 5) is 28.7.